The highest BCUT2D eigenvalue weighted by atomic mass is 16.1. The Morgan fingerprint density at radius 2 is 1.58 bits per heavy atom. The highest BCUT2D eigenvalue weighted by molar-refractivity contribution is 6.06. The van der Waals surface area contributed by atoms with Crippen molar-refractivity contribution >= 4 is 17.8 Å². The number of nitrogens with zero attached hydrogens (tertiary/aromatic N) is 1. The lowest BCUT2D eigenvalue weighted by Gasteiger charge is -1.97. The molecule has 0 radical (unpaired) electrons. The van der Waals surface area contributed by atoms with Gasteiger partial charge in [0.05, 0.1) is 0 Å². The first-order valence-electron chi connectivity index (χ1n) is 5.69. The van der Waals surface area contributed by atoms with Crippen LogP contribution in [0.25, 0.3) is 6.08 Å². The zero-order valence-electron chi connectivity index (χ0n) is 10.1. The van der Waals surface area contributed by atoms with Gasteiger partial charge in [0.25, 0.3) is 0 Å². The predicted octanol–water partition coefficient (Wildman–Crippen LogP) is 2.08. The van der Waals surface area contributed by atoms with E-state index >= 15 is 0 Å². The summed E-state index contributed by atoms with van der Waals surface area (Å²) in [6, 6.07) is 10.0. The Bertz CT molecular complexity index is 616. The van der Waals surface area contributed by atoms with E-state index in [0.717, 1.165) is 5.56 Å². The number of carbonyl (C=O) groups is 2. The van der Waals surface area contributed by atoms with E-state index in [1.165, 1.54) is 6.08 Å². The number of allylic oxidation sites excluding steroid dienone is 1. The molecule has 0 saturated heterocycles. The van der Waals surface area contributed by atoms with Crippen molar-refractivity contribution < 1.29 is 9.59 Å². The van der Waals surface area contributed by atoms with Crippen LogP contribution in [0, 0.1) is 0 Å². The number of ketones is 1. The largest absolute Gasteiger partial charge is 0.366 e. The first-order chi connectivity index (χ1) is 9.16. The number of nitrogens with two attached hydrogens (primary N) is 1. The second-order valence-corrected chi connectivity index (χ2v) is 3.92. The number of hydrogen-bond donors (Lipinski definition) is 1. The summed E-state index contributed by atoms with van der Waals surface area (Å²) in [6.45, 7) is 0. The fourth-order valence-corrected chi connectivity index (χ4v) is 1.54. The van der Waals surface area contributed by atoms with E-state index in [4.69, 9.17) is 5.73 Å². The maximum absolute atomic E-state index is 11.8. The number of primary amides is 1. The summed E-state index contributed by atoms with van der Waals surface area (Å²) in [5, 5.41) is 0. The standard InChI is InChI=1S/C15H12N2O2/c16-15(19)13-4-1-11(2-5-13)3-6-14(18)12-7-9-17-10-8-12/h1-10H,(H2,16,19)/b6-3+. The van der Waals surface area contributed by atoms with Crippen LogP contribution in [0.5, 0.6) is 0 Å². The molecule has 1 heterocycles. The van der Waals surface area contributed by atoms with E-state index in [1.807, 2.05) is 0 Å². The summed E-state index contributed by atoms with van der Waals surface area (Å²) in [5.74, 6) is -0.565. The van der Waals surface area contributed by atoms with E-state index in [2.05, 4.69) is 4.98 Å². The van der Waals surface area contributed by atoms with Crippen molar-refractivity contribution in [3.63, 3.8) is 0 Å². The molecular formula is C15H12N2O2. The Morgan fingerprint density at radius 3 is 2.16 bits per heavy atom. The normalized spacial score (nSPS) is 10.5. The van der Waals surface area contributed by atoms with Gasteiger partial charge >= 0.3 is 0 Å². The number of amides is 1. The minimum Gasteiger partial charge on any atom is -0.366 e. The molecule has 2 rings (SSSR count). The van der Waals surface area contributed by atoms with Gasteiger partial charge in [-0.2, -0.15) is 0 Å². The van der Waals surface area contributed by atoms with Crippen LogP contribution in [0.2, 0.25) is 0 Å². The Hall–Kier alpha value is -2.75. The Balaban J connectivity index is 2.10. The molecular weight excluding hydrogens is 240 g/mol. The minimum absolute atomic E-state index is 0.0959. The lowest BCUT2D eigenvalue weighted by molar-refractivity contribution is 0.0998. The van der Waals surface area contributed by atoms with E-state index in [-0.39, 0.29) is 5.78 Å². The predicted molar refractivity (Wildman–Crippen MR) is 72.6 cm³/mol. The number of hydrogen-bond acceptors (Lipinski definition) is 3. The number of carbonyl (C=O) groups excluding carboxylic acids is 2. The Labute approximate surface area is 110 Å². The van der Waals surface area contributed by atoms with Gasteiger partial charge in [-0.1, -0.05) is 18.2 Å². The molecule has 0 saturated carbocycles. The fraction of sp³-hybridized carbons (Fsp3) is 0. The van der Waals surface area contributed by atoms with Gasteiger partial charge in [-0.15, -0.1) is 0 Å². The molecule has 0 fully saturated rings. The van der Waals surface area contributed by atoms with Gasteiger partial charge in [-0.05, 0) is 35.9 Å². The molecule has 2 aromatic rings. The zero-order chi connectivity index (χ0) is 13.7. The van der Waals surface area contributed by atoms with Crippen LogP contribution in [0.15, 0.2) is 54.9 Å². The van der Waals surface area contributed by atoms with Gasteiger partial charge in [0.1, 0.15) is 0 Å². The van der Waals surface area contributed by atoms with Gasteiger partial charge in [0, 0.05) is 23.5 Å². The van der Waals surface area contributed by atoms with Crippen LogP contribution in [0.3, 0.4) is 0 Å². The van der Waals surface area contributed by atoms with Crippen molar-refractivity contribution in [3.05, 3.63) is 71.6 Å². The van der Waals surface area contributed by atoms with Gasteiger partial charge in [-0.3, -0.25) is 14.6 Å². The number of rotatable bonds is 4. The molecule has 4 nitrogen and oxygen atoms in total. The highest BCUT2D eigenvalue weighted by Crippen LogP contribution is 2.07. The van der Waals surface area contributed by atoms with Crippen LogP contribution >= 0.6 is 0 Å². The second-order valence-electron chi connectivity index (χ2n) is 3.92. The van der Waals surface area contributed by atoms with Crippen molar-refractivity contribution in [2.24, 2.45) is 5.73 Å². The topological polar surface area (TPSA) is 73.1 Å². The van der Waals surface area contributed by atoms with Gasteiger partial charge < -0.3 is 5.73 Å². The third-order valence-electron chi connectivity index (χ3n) is 2.59. The van der Waals surface area contributed by atoms with Crippen LogP contribution in [-0.4, -0.2) is 16.7 Å². The first kappa shape index (κ1) is 12.7. The van der Waals surface area contributed by atoms with Crippen molar-refractivity contribution in [2.45, 2.75) is 0 Å². The van der Waals surface area contributed by atoms with Crippen LogP contribution in [0.1, 0.15) is 26.3 Å². The van der Waals surface area contributed by atoms with Gasteiger partial charge in [0.2, 0.25) is 5.91 Å². The maximum atomic E-state index is 11.8. The van der Waals surface area contributed by atoms with E-state index < -0.39 is 5.91 Å². The third-order valence-corrected chi connectivity index (χ3v) is 2.59. The molecule has 0 bridgehead atoms. The molecule has 4 heteroatoms. The summed E-state index contributed by atoms with van der Waals surface area (Å²) < 4.78 is 0. The molecule has 2 N–H and O–H groups in total. The van der Waals surface area contributed by atoms with Gasteiger partial charge in [-0.25, -0.2) is 0 Å². The van der Waals surface area contributed by atoms with Gasteiger partial charge in [0.15, 0.2) is 5.78 Å². The molecule has 0 aliphatic rings. The molecule has 1 amide bonds. The summed E-state index contributed by atoms with van der Waals surface area (Å²) in [5.41, 5.74) is 7.00. The quantitative estimate of drug-likeness (QED) is 0.668. The van der Waals surface area contributed by atoms with Crippen molar-refractivity contribution in [3.8, 4) is 0 Å². The summed E-state index contributed by atoms with van der Waals surface area (Å²) in [4.78, 5) is 26.6. The van der Waals surface area contributed by atoms with E-state index in [0.29, 0.717) is 11.1 Å². The second kappa shape index (κ2) is 5.73. The average Bonchev–Trinajstić information content (AvgIpc) is 2.46. The zero-order valence-corrected chi connectivity index (χ0v) is 10.1. The number of aromatic nitrogens is 1. The van der Waals surface area contributed by atoms with E-state index in [9.17, 15) is 9.59 Å². The highest BCUT2D eigenvalue weighted by Gasteiger charge is 2.01. The van der Waals surface area contributed by atoms with Crippen molar-refractivity contribution in [2.75, 3.05) is 0 Å². The SMILES string of the molecule is NC(=O)c1ccc(/C=C/C(=O)c2ccncc2)cc1. The van der Waals surface area contributed by atoms with E-state index in [1.54, 1.807) is 54.9 Å². The Kier molecular flexibility index (Phi) is 3.83. The smallest absolute Gasteiger partial charge is 0.248 e. The summed E-state index contributed by atoms with van der Waals surface area (Å²) in [7, 11) is 0. The molecule has 1 aromatic heterocycles. The third kappa shape index (κ3) is 3.35. The molecule has 1 aromatic carbocycles. The molecule has 0 aliphatic carbocycles. The van der Waals surface area contributed by atoms with Crippen LogP contribution in [-0.2, 0) is 0 Å². The Morgan fingerprint density at radius 1 is 0.947 bits per heavy atom. The lowest BCUT2D eigenvalue weighted by atomic mass is 10.1. The van der Waals surface area contributed by atoms with Crippen molar-refractivity contribution in [1.82, 2.24) is 4.98 Å². The monoisotopic (exact) mass is 252 g/mol. The molecule has 19 heavy (non-hydrogen) atoms. The first-order valence-corrected chi connectivity index (χ1v) is 5.69. The maximum Gasteiger partial charge on any atom is 0.248 e. The molecule has 0 aliphatic heterocycles. The molecule has 0 atom stereocenters. The summed E-state index contributed by atoms with van der Waals surface area (Å²) in [6.07, 6.45) is 6.31. The van der Waals surface area contributed by atoms with Crippen LogP contribution in [0.4, 0.5) is 0 Å². The number of pyridine rings is 1. The number of benzene rings is 1. The lowest BCUT2D eigenvalue weighted by Crippen LogP contribution is -2.10. The summed E-state index contributed by atoms with van der Waals surface area (Å²) >= 11 is 0. The van der Waals surface area contributed by atoms with Crippen molar-refractivity contribution in [1.29, 1.82) is 0 Å². The average molecular weight is 252 g/mol. The molecule has 0 unspecified atom stereocenters. The minimum atomic E-state index is -0.469. The molecule has 94 valence electrons. The molecule has 0 spiro atoms. The van der Waals surface area contributed by atoms with Crippen LogP contribution < -0.4 is 5.73 Å². The fourth-order valence-electron chi connectivity index (χ4n) is 1.54.